The van der Waals surface area contributed by atoms with Crippen LogP contribution < -0.4 is 0 Å². The van der Waals surface area contributed by atoms with E-state index in [4.69, 9.17) is 0 Å². The Morgan fingerprint density at radius 1 is 1.26 bits per heavy atom. The van der Waals surface area contributed by atoms with Crippen LogP contribution in [0.15, 0.2) is 48.1 Å². The van der Waals surface area contributed by atoms with Gasteiger partial charge in [-0.15, -0.1) is 0 Å². The van der Waals surface area contributed by atoms with Crippen LogP contribution in [-0.2, 0) is 6.42 Å². The van der Waals surface area contributed by atoms with E-state index >= 15 is 0 Å². The van der Waals surface area contributed by atoms with Crippen LogP contribution in [-0.4, -0.2) is 46.7 Å². The molecule has 0 radical (unpaired) electrons. The molecule has 0 heterocycles. The summed E-state index contributed by atoms with van der Waals surface area (Å²) in [4.78, 5) is 2.45. The highest BCUT2D eigenvalue weighted by Gasteiger charge is 2.43. The first kappa shape index (κ1) is 24.6. The number of thioether (sulfide) groups is 1. The molecule has 0 amide bonds. The average molecular weight is 442 g/mol. The number of allylic oxidation sites excluding steroid dienone is 2. The summed E-state index contributed by atoms with van der Waals surface area (Å²) < 4.78 is 0. The smallest absolute Gasteiger partial charge is 0.0611 e. The minimum Gasteiger partial charge on any atom is -0.392 e. The van der Waals surface area contributed by atoms with Crippen molar-refractivity contribution in [1.82, 2.24) is 4.90 Å². The van der Waals surface area contributed by atoms with E-state index in [1.54, 1.807) is 5.57 Å². The Kier molecular flexibility index (Phi) is 8.90. The van der Waals surface area contributed by atoms with Gasteiger partial charge in [0.15, 0.2) is 0 Å². The van der Waals surface area contributed by atoms with Crippen molar-refractivity contribution < 1.29 is 5.11 Å². The highest BCUT2D eigenvalue weighted by molar-refractivity contribution is 7.99. The minimum atomic E-state index is -0.163. The van der Waals surface area contributed by atoms with Crippen LogP contribution in [0.25, 0.3) is 0 Å². The van der Waals surface area contributed by atoms with Crippen LogP contribution in [0.5, 0.6) is 0 Å². The van der Waals surface area contributed by atoms with E-state index in [9.17, 15) is 5.11 Å². The van der Waals surface area contributed by atoms with Crippen molar-refractivity contribution in [3.63, 3.8) is 0 Å². The van der Waals surface area contributed by atoms with Gasteiger partial charge in [0.25, 0.3) is 0 Å². The maximum Gasteiger partial charge on any atom is 0.0611 e. The van der Waals surface area contributed by atoms with E-state index in [1.165, 1.54) is 42.0 Å². The summed E-state index contributed by atoms with van der Waals surface area (Å²) in [6, 6.07) is 8.79. The molecule has 0 aliphatic heterocycles. The van der Waals surface area contributed by atoms with Crippen LogP contribution in [0.3, 0.4) is 0 Å². The van der Waals surface area contributed by atoms with Crippen molar-refractivity contribution >= 4 is 11.8 Å². The van der Waals surface area contributed by atoms with Crippen molar-refractivity contribution in [2.45, 2.75) is 71.4 Å². The summed E-state index contributed by atoms with van der Waals surface area (Å²) in [6.07, 6.45) is 12.5. The number of hydrogen-bond acceptors (Lipinski definition) is 3. The van der Waals surface area contributed by atoms with Crippen LogP contribution in [0.4, 0.5) is 0 Å². The fourth-order valence-corrected chi connectivity index (χ4v) is 5.98. The molecule has 3 heteroatoms. The molecule has 1 aromatic carbocycles. The lowest BCUT2D eigenvalue weighted by Crippen LogP contribution is -2.38. The molecule has 2 aliphatic carbocycles. The highest BCUT2D eigenvalue weighted by Crippen LogP contribution is 2.47. The fraction of sp³-hybridized carbons (Fsp3) is 0.643. The SMILES string of the molecule is Cc1cccc(CCC=C[C@@H]2[C@H]3CC(CSCCCN(C)C(C)(C)C)=C[C@H]3C[C@H]2O)c1. The molecule has 0 bridgehead atoms. The van der Waals surface area contributed by atoms with Gasteiger partial charge in [-0.05, 0) is 96.5 Å². The largest absolute Gasteiger partial charge is 0.392 e. The van der Waals surface area contributed by atoms with Gasteiger partial charge in [-0.3, -0.25) is 0 Å². The van der Waals surface area contributed by atoms with Gasteiger partial charge in [-0.2, -0.15) is 11.8 Å². The molecule has 1 aromatic rings. The lowest BCUT2D eigenvalue weighted by Gasteiger charge is -2.31. The molecule has 1 fully saturated rings. The third kappa shape index (κ3) is 7.23. The van der Waals surface area contributed by atoms with E-state index in [1.807, 2.05) is 0 Å². The number of aliphatic hydroxyl groups excluding tert-OH is 1. The minimum absolute atomic E-state index is 0.163. The summed E-state index contributed by atoms with van der Waals surface area (Å²) in [5, 5.41) is 10.6. The monoisotopic (exact) mass is 441 g/mol. The zero-order chi connectivity index (χ0) is 22.4. The summed E-state index contributed by atoms with van der Waals surface area (Å²) in [7, 11) is 2.23. The number of fused-ring (bicyclic) bond motifs is 1. The molecule has 4 atom stereocenters. The van der Waals surface area contributed by atoms with E-state index in [0.717, 1.165) is 19.3 Å². The van der Waals surface area contributed by atoms with Crippen molar-refractivity contribution in [1.29, 1.82) is 0 Å². The Morgan fingerprint density at radius 2 is 2.06 bits per heavy atom. The molecule has 0 unspecified atom stereocenters. The van der Waals surface area contributed by atoms with E-state index in [-0.39, 0.29) is 11.6 Å². The molecule has 0 aromatic heterocycles. The Hall–Kier alpha value is -1.03. The second-order valence-corrected chi connectivity index (χ2v) is 11.8. The number of aliphatic hydroxyl groups is 1. The quantitative estimate of drug-likeness (QED) is 0.341. The van der Waals surface area contributed by atoms with E-state index < -0.39 is 0 Å². The van der Waals surface area contributed by atoms with Gasteiger partial charge in [-0.1, -0.05) is 53.6 Å². The van der Waals surface area contributed by atoms with Gasteiger partial charge in [0.05, 0.1) is 6.10 Å². The van der Waals surface area contributed by atoms with Crippen molar-refractivity contribution in [3.05, 3.63) is 59.2 Å². The van der Waals surface area contributed by atoms with Crippen LogP contribution in [0.1, 0.15) is 57.6 Å². The second-order valence-electron chi connectivity index (χ2n) is 10.7. The zero-order valence-corrected chi connectivity index (χ0v) is 21.1. The maximum absolute atomic E-state index is 10.6. The third-order valence-corrected chi connectivity index (χ3v) is 8.36. The van der Waals surface area contributed by atoms with E-state index in [0.29, 0.717) is 17.8 Å². The molecule has 1 N–H and O–H groups in total. The zero-order valence-electron chi connectivity index (χ0n) is 20.3. The molecule has 1 saturated carbocycles. The van der Waals surface area contributed by atoms with Crippen LogP contribution in [0, 0.1) is 24.7 Å². The topological polar surface area (TPSA) is 23.5 Å². The number of hydrogen-bond donors (Lipinski definition) is 1. The van der Waals surface area contributed by atoms with Crippen molar-refractivity contribution in [2.75, 3.05) is 25.1 Å². The maximum atomic E-state index is 10.6. The molecular weight excluding hydrogens is 398 g/mol. The van der Waals surface area contributed by atoms with Gasteiger partial charge < -0.3 is 10.0 Å². The summed E-state index contributed by atoms with van der Waals surface area (Å²) in [6.45, 7) is 10.2. The standard InChI is InChI=1S/C28H43NOS/c1-21-10-8-12-22(16-21)11-6-7-13-25-26-18-23(17-24(26)19-27(25)30)20-31-15-9-14-29(5)28(2,3)4/h7-8,10,12-13,16-17,24-27,30H,6,9,11,14-15,18-20H2,1-5H3/t24-,25+,26-,27+/m0/s1. The lowest BCUT2D eigenvalue weighted by molar-refractivity contribution is 0.141. The van der Waals surface area contributed by atoms with Crippen molar-refractivity contribution in [2.24, 2.45) is 17.8 Å². The van der Waals surface area contributed by atoms with Crippen LogP contribution in [0.2, 0.25) is 0 Å². The molecular formula is C28H43NOS. The Morgan fingerprint density at radius 3 is 2.81 bits per heavy atom. The predicted octanol–water partition coefficient (Wildman–Crippen LogP) is 6.28. The molecule has 0 saturated heterocycles. The normalized spacial score (nSPS) is 26.1. The second kappa shape index (κ2) is 11.2. The molecule has 3 rings (SSSR count). The third-order valence-electron chi connectivity index (χ3n) is 7.21. The first-order chi connectivity index (χ1) is 14.7. The Bertz CT molecular complexity index is 763. The first-order valence-electron chi connectivity index (χ1n) is 12.1. The number of aryl methyl sites for hydroxylation is 2. The molecule has 31 heavy (non-hydrogen) atoms. The Balaban J connectivity index is 1.38. The Labute approximate surface area is 195 Å². The van der Waals surface area contributed by atoms with E-state index in [2.05, 4.69) is 93.9 Å². The van der Waals surface area contributed by atoms with Gasteiger partial charge in [0.2, 0.25) is 0 Å². The van der Waals surface area contributed by atoms with Crippen LogP contribution >= 0.6 is 11.8 Å². The van der Waals surface area contributed by atoms with Gasteiger partial charge in [0.1, 0.15) is 0 Å². The average Bonchev–Trinajstić information content (AvgIpc) is 3.21. The van der Waals surface area contributed by atoms with Gasteiger partial charge in [0, 0.05) is 17.2 Å². The molecule has 0 spiro atoms. The molecule has 2 nitrogen and oxygen atoms in total. The first-order valence-corrected chi connectivity index (χ1v) is 13.3. The highest BCUT2D eigenvalue weighted by atomic mass is 32.2. The van der Waals surface area contributed by atoms with Gasteiger partial charge in [-0.25, -0.2) is 0 Å². The summed E-state index contributed by atoms with van der Waals surface area (Å²) in [5.74, 6) is 3.95. The molecule has 2 aliphatic rings. The van der Waals surface area contributed by atoms with Crippen molar-refractivity contribution in [3.8, 4) is 0 Å². The number of nitrogens with zero attached hydrogens (tertiary/aromatic N) is 1. The number of benzene rings is 1. The van der Waals surface area contributed by atoms with Gasteiger partial charge >= 0.3 is 0 Å². The molecule has 172 valence electrons. The fourth-order valence-electron chi connectivity index (χ4n) is 5.03. The summed E-state index contributed by atoms with van der Waals surface area (Å²) in [5.41, 5.74) is 4.62. The predicted molar refractivity (Wildman–Crippen MR) is 137 cm³/mol. The number of rotatable bonds is 10. The summed E-state index contributed by atoms with van der Waals surface area (Å²) >= 11 is 2.09. The lowest BCUT2D eigenvalue weighted by atomic mass is 9.89.